The zero-order chi connectivity index (χ0) is 13.1. The third-order valence-electron chi connectivity index (χ3n) is 2.56. The van der Waals surface area contributed by atoms with Gasteiger partial charge in [0, 0.05) is 5.39 Å². The molecule has 2 aromatic rings. The van der Waals surface area contributed by atoms with Gasteiger partial charge in [0.25, 0.3) is 5.56 Å². The number of aliphatic hydroxyl groups excluding tert-OH is 1. The van der Waals surface area contributed by atoms with Crippen LogP contribution in [0.5, 0.6) is 0 Å². The molecule has 1 aromatic heterocycles. The number of nitrogens with zero attached hydrogens (tertiary/aromatic N) is 2. The van der Waals surface area contributed by atoms with E-state index in [2.05, 4.69) is 5.10 Å². The maximum Gasteiger partial charge on any atom is 0.306 e. The predicted molar refractivity (Wildman–Crippen MR) is 64.3 cm³/mol. The molecule has 0 bridgehead atoms. The van der Waals surface area contributed by atoms with Gasteiger partial charge in [0.1, 0.15) is 0 Å². The summed E-state index contributed by atoms with van der Waals surface area (Å²) in [5.74, 6) is -1.11. The molecule has 2 rings (SSSR count). The first-order valence-electron chi connectivity index (χ1n) is 5.42. The lowest BCUT2D eigenvalue weighted by molar-refractivity contribution is -0.139. The van der Waals surface area contributed by atoms with E-state index in [1.54, 1.807) is 24.3 Å². The van der Waals surface area contributed by atoms with Crippen molar-refractivity contribution in [3.05, 3.63) is 40.8 Å². The molecule has 0 fully saturated rings. The lowest BCUT2D eigenvalue weighted by Gasteiger charge is -2.09. The van der Waals surface area contributed by atoms with Crippen LogP contribution in [-0.4, -0.2) is 32.1 Å². The van der Waals surface area contributed by atoms with Gasteiger partial charge < -0.3 is 10.2 Å². The molecule has 0 aliphatic heterocycles. The van der Waals surface area contributed by atoms with Crippen molar-refractivity contribution in [2.45, 2.75) is 19.1 Å². The number of aromatic nitrogens is 2. The summed E-state index contributed by atoms with van der Waals surface area (Å²) in [7, 11) is 0. The number of aliphatic hydroxyl groups is 1. The normalized spacial score (nSPS) is 12.5. The van der Waals surface area contributed by atoms with Crippen molar-refractivity contribution in [2.24, 2.45) is 0 Å². The maximum atomic E-state index is 12.0. The van der Waals surface area contributed by atoms with Crippen LogP contribution in [0.15, 0.2) is 35.3 Å². The van der Waals surface area contributed by atoms with E-state index >= 15 is 0 Å². The van der Waals surface area contributed by atoms with Crippen LogP contribution in [0.25, 0.3) is 10.8 Å². The van der Waals surface area contributed by atoms with Gasteiger partial charge in [-0.1, -0.05) is 18.2 Å². The van der Waals surface area contributed by atoms with Crippen LogP contribution in [0.3, 0.4) is 0 Å². The molecule has 0 aliphatic carbocycles. The summed E-state index contributed by atoms with van der Waals surface area (Å²) in [6, 6.07) is 6.97. The molecule has 6 heteroatoms. The number of fused-ring (bicyclic) bond motifs is 1. The minimum atomic E-state index is -1.13. The van der Waals surface area contributed by atoms with Crippen molar-refractivity contribution in [2.75, 3.05) is 0 Å². The van der Waals surface area contributed by atoms with Gasteiger partial charge in [-0.25, -0.2) is 4.68 Å². The largest absolute Gasteiger partial charge is 0.481 e. The third-order valence-corrected chi connectivity index (χ3v) is 2.56. The molecule has 6 nitrogen and oxygen atoms in total. The van der Waals surface area contributed by atoms with Gasteiger partial charge in [-0.15, -0.1) is 0 Å². The van der Waals surface area contributed by atoms with Crippen LogP contribution in [0, 0.1) is 0 Å². The summed E-state index contributed by atoms with van der Waals surface area (Å²) < 4.78 is 1.08. The van der Waals surface area contributed by atoms with E-state index < -0.39 is 18.5 Å². The van der Waals surface area contributed by atoms with Crippen LogP contribution < -0.4 is 5.56 Å². The van der Waals surface area contributed by atoms with Crippen LogP contribution in [0.2, 0.25) is 0 Å². The van der Waals surface area contributed by atoms with Gasteiger partial charge in [0.15, 0.2) is 0 Å². The summed E-state index contributed by atoms with van der Waals surface area (Å²) >= 11 is 0. The van der Waals surface area contributed by atoms with Crippen molar-refractivity contribution in [3.63, 3.8) is 0 Å². The highest BCUT2D eigenvalue weighted by Gasteiger charge is 2.12. The topological polar surface area (TPSA) is 92.4 Å². The summed E-state index contributed by atoms with van der Waals surface area (Å²) in [6.45, 7) is -0.129. The van der Waals surface area contributed by atoms with Gasteiger partial charge >= 0.3 is 5.97 Å². The second-order valence-electron chi connectivity index (χ2n) is 3.97. The molecular weight excluding hydrogens is 236 g/mol. The van der Waals surface area contributed by atoms with Crippen LogP contribution >= 0.6 is 0 Å². The smallest absolute Gasteiger partial charge is 0.306 e. The van der Waals surface area contributed by atoms with E-state index in [0.29, 0.717) is 10.8 Å². The highest BCUT2D eigenvalue weighted by atomic mass is 16.4. The van der Waals surface area contributed by atoms with Crippen molar-refractivity contribution in [3.8, 4) is 0 Å². The second kappa shape index (κ2) is 4.97. The molecule has 0 saturated carbocycles. The first-order chi connectivity index (χ1) is 8.58. The van der Waals surface area contributed by atoms with Gasteiger partial charge in [-0.3, -0.25) is 9.59 Å². The average molecular weight is 248 g/mol. The van der Waals surface area contributed by atoms with Gasteiger partial charge in [-0.05, 0) is 6.07 Å². The second-order valence-corrected chi connectivity index (χ2v) is 3.97. The molecule has 0 aliphatic rings. The molecule has 1 aromatic carbocycles. The van der Waals surface area contributed by atoms with E-state index in [0.717, 1.165) is 4.68 Å². The van der Waals surface area contributed by atoms with Crippen LogP contribution in [0.4, 0.5) is 0 Å². The Labute approximate surface area is 102 Å². The number of carbonyl (C=O) groups is 1. The zero-order valence-corrected chi connectivity index (χ0v) is 9.48. The fourth-order valence-electron chi connectivity index (χ4n) is 1.72. The predicted octanol–water partition coefficient (Wildman–Crippen LogP) is 0.232. The Morgan fingerprint density at radius 2 is 2.11 bits per heavy atom. The molecule has 0 radical (unpaired) electrons. The summed E-state index contributed by atoms with van der Waals surface area (Å²) in [5.41, 5.74) is -0.336. The number of hydrogen-bond acceptors (Lipinski definition) is 4. The van der Waals surface area contributed by atoms with E-state index in [1.807, 2.05) is 0 Å². The lowest BCUT2D eigenvalue weighted by Crippen LogP contribution is -2.29. The highest BCUT2D eigenvalue weighted by molar-refractivity contribution is 5.80. The third kappa shape index (κ3) is 2.54. The number of carboxylic acids is 1. The maximum absolute atomic E-state index is 12.0. The van der Waals surface area contributed by atoms with Gasteiger partial charge in [0.2, 0.25) is 0 Å². The fourth-order valence-corrected chi connectivity index (χ4v) is 1.72. The van der Waals surface area contributed by atoms with Crippen molar-refractivity contribution in [1.82, 2.24) is 9.78 Å². The standard InChI is InChI=1S/C12H12N2O4/c15-9(5-11(16)17)7-14-12(18)10-4-2-1-3-8(10)6-13-14/h1-4,6,9,15H,5,7H2,(H,16,17). The van der Waals surface area contributed by atoms with E-state index in [9.17, 15) is 14.7 Å². The van der Waals surface area contributed by atoms with Crippen LogP contribution in [-0.2, 0) is 11.3 Å². The Morgan fingerprint density at radius 3 is 2.83 bits per heavy atom. The number of aliphatic carboxylic acids is 1. The molecule has 2 N–H and O–H groups in total. The number of carboxylic acid groups (broad SMARTS) is 1. The monoisotopic (exact) mass is 248 g/mol. The Hall–Kier alpha value is -2.21. The Kier molecular flexibility index (Phi) is 3.38. The first-order valence-corrected chi connectivity index (χ1v) is 5.42. The molecule has 1 atom stereocenters. The number of rotatable bonds is 4. The minimum absolute atomic E-state index is 0.129. The van der Waals surface area contributed by atoms with Crippen LogP contribution in [0.1, 0.15) is 6.42 Å². The van der Waals surface area contributed by atoms with E-state index in [1.165, 1.54) is 6.20 Å². The van der Waals surface area contributed by atoms with Crippen molar-refractivity contribution in [1.29, 1.82) is 0 Å². The SMILES string of the molecule is O=C(O)CC(O)Cn1ncc2ccccc2c1=O. The summed E-state index contributed by atoms with van der Waals surface area (Å²) in [4.78, 5) is 22.4. The molecule has 94 valence electrons. The van der Waals surface area contributed by atoms with Gasteiger partial charge in [-0.2, -0.15) is 5.10 Å². The Balaban J connectivity index is 2.32. The average Bonchev–Trinajstić information content (AvgIpc) is 2.32. The van der Waals surface area contributed by atoms with Gasteiger partial charge in [0.05, 0.1) is 30.7 Å². The van der Waals surface area contributed by atoms with E-state index in [4.69, 9.17) is 5.11 Å². The van der Waals surface area contributed by atoms with E-state index in [-0.39, 0.29) is 12.1 Å². The Bertz CT molecular complexity index is 635. The molecule has 0 amide bonds. The van der Waals surface area contributed by atoms with Crippen molar-refractivity contribution < 1.29 is 15.0 Å². The molecule has 0 spiro atoms. The fraction of sp³-hybridized carbons (Fsp3) is 0.250. The molecule has 18 heavy (non-hydrogen) atoms. The summed E-state index contributed by atoms with van der Waals surface area (Å²) in [5, 5.41) is 23.1. The Morgan fingerprint density at radius 1 is 1.39 bits per heavy atom. The lowest BCUT2D eigenvalue weighted by atomic mass is 10.2. The van der Waals surface area contributed by atoms with Crippen molar-refractivity contribution >= 4 is 16.7 Å². The number of benzene rings is 1. The molecular formula is C12H12N2O4. The quantitative estimate of drug-likeness (QED) is 0.808. The zero-order valence-electron chi connectivity index (χ0n) is 9.48. The summed E-state index contributed by atoms with van der Waals surface area (Å²) in [6.07, 6.45) is -0.0283. The first kappa shape index (κ1) is 12.3. The number of hydrogen-bond donors (Lipinski definition) is 2. The molecule has 1 unspecified atom stereocenters. The highest BCUT2D eigenvalue weighted by Crippen LogP contribution is 2.06. The molecule has 1 heterocycles. The minimum Gasteiger partial charge on any atom is -0.481 e. The molecule has 0 saturated heterocycles.